The summed E-state index contributed by atoms with van der Waals surface area (Å²) >= 11 is 3.46. The lowest BCUT2D eigenvalue weighted by molar-refractivity contribution is 0.354. The standard InChI is InChI=1S/C11H15BrN2O2/c1-14(2)13-7-8-5-10(15-3)11(16-4)6-9(8)12/h5-7H,1-4H3/b13-7+. The first-order valence-corrected chi connectivity index (χ1v) is 5.50. The molecule has 0 saturated heterocycles. The normalized spacial score (nSPS) is 10.6. The van der Waals surface area contributed by atoms with Crippen LogP contribution in [-0.2, 0) is 0 Å². The molecular weight excluding hydrogens is 272 g/mol. The molecule has 0 atom stereocenters. The Labute approximate surface area is 104 Å². The van der Waals surface area contributed by atoms with Crippen molar-refractivity contribution >= 4 is 22.1 Å². The predicted octanol–water partition coefficient (Wildman–Crippen LogP) is 2.36. The van der Waals surface area contributed by atoms with Crippen molar-refractivity contribution in [2.45, 2.75) is 0 Å². The van der Waals surface area contributed by atoms with E-state index >= 15 is 0 Å². The number of nitrogens with zero attached hydrogens (tertiary/aromatic N) is 2. The van der Waals surface area contributed by atoms with Crippen molar-refractivity contribution in [3.05, 3.63) is 22.2 Å². The molecule has 4 nitrogen and oxygen atoms in total. The van der Waals surface area contributed by atoms with E-state index in [9.17, 15) is 0 Å². The molecule has 0 aliphatic rings. The summed E-state index contributed by atoms with van der Waals surface area (Å²) in [4.78, 5) is 0. The SMILES string of the molecule is COc1cc(Br)c(/C=N/N(C)C)cc1OC. The van der Waals surface area contributed by atoms with Gasteiger partial charge in [-0.25, -0.2) is 0 Å². The number of hydrogen-bond acceptors (Lipinski definition) is 4. The first-order chi connectivity index (χ1) is 7.58. The summed E-state index contributed by atoms with van der Waals surface area (Å²) in [6, 6.07) is 3.73. The average molecular weight is 287 g/mol. The lowest BCUT2D eigenvalue weighted by Gasteiger charge is -2.10. The molecule has 0 bridgehead atoms. The Morgan fingerprint density at radius 3 is 2.25 bits per heavy atom. The van der Waals surface area contributed by atoms with Gasteiger partial charge in [-0.15, -0.1) is 0 Å². The van der Waals surface area contributed by atoms with Crippen LogP contribution in [0.2, 0.25) is 0 Å². The zero-order chi connectivity index (χ0) is 12.1. The molecule has 0 spiro atoms. The van der Waals surface area contributed by atoms with E-state index in [1.165, 1.54) is 0 Å². The highest BCUT2D eigenvalue weighted by molar-refractivity contribution is 9.10. The van der Waals surface area contributed by atoms with E-state index in [1.54, 1.807) is 25.4 Å². The smallest absolute Gasteiger partial charge is 0.161 e. The molecule has 0 aromatic heterocycles. The molecule has 0 saturated carbocycles. The second-order valence-corrected chi connectivity index (χ2v) is 4.17. The number of benzene rings is 1. The van der Waals surface area contributed by atoms with Gasteiger partial charge >= 0.3 is 0 Å². The molecule has 0 heterocycles. The summed E-state index contributed by atoms with van der Waals surface area (Å²) in [6.45, 7) is 0. The van der Waals surface area contributed by atoms with Crippen LogP contribution >= 0.6 is 15.9 Å². The lowest BCUT2D eigenvalue weighted by Crippen LogP contribution is -2.02. The minimum absolute atomic E-state index is 0.686. The predicted molar refractivity (Wildman–Crippen MR) is 68.5 cm³/mol. The van der Waals surface area contributed by atoms with Gasteiger partial charge in [0.25, 0.3) is 0 Å². The van der Waals surface area contributed by atoms with E-state index in [2.05, 4.69) is 21.0 Å². The molecule has 1 rings (SSSR count). The molecule has 0 aliphatic heterocycles. The van der Waals surface area contributed by atoms with Gasteiger partial charge in [0.15, 0.2) is 11.5 Å². The molecule has 1 aromatic carbocycles. The Bertz CT molecular complexity index is 392. The van der Waals surface area contributed by atoms with E-state index < -0.39 is 0 Å². The molecular formula is C11H15BrN2O2. The van der Waals surface area contributed by atoms with Gasteiger partial charge in [0.05, 0.1) is 20.4 Å². The maximum Gasteiger partial charge on any atom is 0.161 e. The molecule has 0 radical (unpaired) electrons. The van der Waals surface area contributed by atoms with Crippen LogP contribution in [0, 0.1) is 0 Å². The van der Waals surface area contributed by atoms with Crippen molar-refractivity contribution in [2.24, 2.45) is 5.10 Å². The van der Waals surface area contributed by atoms with E-state index in [1.807, 2.05) is 26.2 Å². The quantitative estimate of drug-likeness (QED) is 0.630. The highest BCUT2D eigenvalue weighted by Gasteiger charge is 2.07. The van der Waals surface area contributed by atoms with Gasteiger partial charge in [0, 0.05) is 24.1 Å². The van der Waals surface area contributed by atoms with Crippen LogP contribution in [0.4, 0.5) is 0 Å². The maximum atomic E-state index is 5.22. The van der Waals surface area contributed by atoms with E-state index in [0.717, 1.165) is 10.0 Å². The molecule has 1 aromatic rings. The Morgan fingerprint density at radius 1 is 1.19 bits per heavy atom. The second kappa shape index (κ2) is 5.75. The Balaban J connectivity index is 3.11. The lowest BCUT2D eigenvalue weighted by atomic mass is 10.2. The summed E-state index contributed by atoms with van der Waals surface area (Å²) in [5.41, 5.74) is 0.936. The summed E-state index contributed by atoms with van der Waals surface area (Å²) in [5.74, 6) is 1.38. The fourth-order valence-corrected chi connectivity index (χ4v) is 1.57. The number of ether oxygens (including phenoxy) is 2. The molecule has 0 N–H and O–H groups in total. The molecule has 0 unspecified atom stereocenters. The van der Waals surface area contributed by atoms with Crippen molar-refractivity contribution in [1.29, 1.82) is 0 Å². The number of methoxy groups -OCH3 is 2. The number of hydrogen-bond donors (Lipinski definition) is 0. The van der Waals surface area contributed by atoms with Crippen molar-refractivity contribution in [3.63, 3.8) is 0 Å². The highest BCUT2D eigenvalue weighted by Crippen LogP contribution is 2.32. The highest BCUT2D eigenvalue weighted by atomic mass is 79.9. The van der Waals surface area contributed by atoms with E-state index in [-0.39, 0.29) is 0 Å². The molecule has 0 amide bonds. The van der Waals surface area contributed by atoms with Crippen LogP contribution in [0.15, 0.2) is 21.7 Å². The van der Waals surface area contributed by atoms with Crippen LogP contribution in [-0.4, -0.2) is 39.5 Å². The molecule has 16 heavy (non-hydrogen) atoms. The third-order valence-electron chi connectivity index (χ3n) is 1.93. The summed E-state index contributed by atoms with van der Waals surface area (Å²) < 4.78 is 11.3. The van der Waals surface area contributed by atoms with E-state index in [4.69, 9.17) is 9.47 Å². The first-order valence-electron chi connectivity index (χ1n) is 4.71. The van der Waals surface area contributed by atoms with Gasteiger partial charge in [-0.1, -0.05) is 0 Å². The number of hydrazone groups is 1. The number of rotatable bonds is 4. The Hall–Kier alpha value is -1.23. The van der Waals surface area contributed by atoms with Gasteiger partial charge in [-0.05, 0) is 28.1 Å². The van der Waals surface area contributed by atoms with Crippen LogP contribution in [0.25, 0.3) is 0 Å². The topological polar surface area (TPSA) is 34.1 Å². The third kappa shape index (κ3) is 3.13. The monoisotopic (exact) mass is 286 g/mol. The minimum Gasteiger partial charge on any atom is -0.493 e. The largest absolute Gasteiger partial charge is 0.493 e. The van der Waals surface area contributed by atoms with Gasteiger partial charge in [-0.2, -0.15) is 5.10 Å². The van der Waals surface area contributed by atoms with Gasteiger partial charge in [-0.3, -0.25) is 0 Å². The van der Waals surface area contributed by atoms with Crippen molar-refractivity contribution in [2.75, 3.05) is 28.3 Å². The van der Waals surface area contributed by atoms with E-state index in [0.29, 0.717) is 11.5 Å². The summed E-state index contributed by atoms with van der Waals surface area (Å²) in [5, 5.41) is 5.89. The van der Waals surface area contributed by atoms with Crippen LogP contribution in [0.5, 0.6) is 11.5 Å². The third-order valence-corrected chi connectivity index (χ3v) is 2.62. The summed E-state index contributed by atoms with van der Waals surface area (Å²) in [7, 11) is 6.95. The van der Waals surface area contributed by atoms with Crippen molar-refractivity contribution in [3.8, 4) is 11.5 Å². The Kier molecular flexibility index (Phi) is 4.61. The number of halogens is 1. The average Bonchev–Trinajstić information content (AvgIpc) is 2.26. The molecule has 0 aliphatic carbocycles. The second-order valence-electron chi connectivity index (χ2n) is 3.32. The molecule has 88 valence electrons. The van der Waals surface area contributed by atoms with Crippen LogP contribution in [0.3, 0.4) is 0 Å². The van der Waals surface area contributed by atoms with Crippen molar-refractivity contribution < 1.29 is 9.47 Å². The minimum atomic E-state index is 0.686. The Morgan fingerprint density at radius 2 is 1.75 bits per heavy atom. The van der Waals surface area contributed by atoms with Crippen LogP contribution < -0.4 is 9.47 Å². The van der Waals surface area contributed by atoms with Crippen LogP contribution in [0.1, 0.15) is 5.56 Å². The van der Waals surface area contributed by atoms with Crippen molar-refractivity contribution in [1.82, 2.24) is 5.01 Å². The summed E-state index contributed by atoms with van der Waals surface area (Å²) in [6.07, 6.45) is 1.76. The van der Waals surface area contributed by atoms with Gasteiger partial charge < -0.3 is 14.5 Å². The zero-order valence-corrected chi connectivity index (χ0v) is 11.4. The fourth-order valence-electron chi connectivity index (χ4n) is 1.15. The zero-order valence-electron chi connectivity index (χ0n) is 9.82. The first kappa shape index (κ1) is 12.8. The van der Waals surface area contributed by atoms with Gasteiger partial charge in [0.1, 0.15) is 0 Å². The maximum absolute atomic E-state index is 5.22. The fraction of sp³-hybridized carbons (Fsp3) is 0.364. The molecule has 0 fully saturated rings. The molecule has 5 heteroatoms. The van der Waals surface area contributed by atoms with Gasteiger partial charge in [0.2, 0.25) is 0 Å².